The molecule has 3 aromatic rings. The number of methoxy groups -OCH3 is 1. The number of halogens is 2. The number of imidazole rings is 1. The minimum Gasteiger partial charge on any atom is -0.468 e. The van der Waals surface area contributed by atoms with Crippen molar-refractivity contribution in [2.24, 2.45) is 5.92 Å². The van der Waals surface area contributed by atoms with Crippen molar-refractivity contribution in [1.29, 1.82) is 0 Å². The maximum absolute atomic E-state index is 13.0. The van der Waals surface area contributed by atoms with E-state index < -0.39 is 24.0 Å². The summed E-state index contributed by atoms with van der Waals surface area (Å²) in [5.41, 5.74) is 2.58. The van der Waals surface area contributed by atoms with Gasteiger partial charge in [-0.3, -0.25) is 14.9 Å². The van der Waals surface area contributed by atoms with Crippen molar-refractivity contribution in [3.05, 3.63) is 87.9 Å². The summed E-state index contributed by atoms with van der Waals surface area (Å²) in [6.45, 7) is 4.65. The number of carbonyl (C=O) groups excluding carboxylic acids is 2. The van der Waals surface area contributed by atoms with E-state index >= 15 is 0 Å². The van der Waals surface area contributed by atoms with Gasteiger partial charge in [-0.25, -0.2) is 4.98 Å². The number of hydrogen-bond acceptors (Lipinski definition) is 6. The Bertz CT molecular complexity index is 1130. The van der Waals surface area contributed by atoms with E-state index in [0.717, 1.165) is 16.8 Å². The molecule has 0 bridgehead atoms. The number of nitrogens with one attached hydrogen (secondary N) is 1. The van der Waals surface area contributed by atoms with E-state index in [1.54, 1.807) is 18.6 Å². The van der Waals surface area contributed by atoms with Crippen LogP contribution in [0.1, 0.15) is 37.1 Å². The molecule has 0 aliphatic carbocycles. The lowest BCUT2D eigenvalue weighted by atomic mass is 10.0. The molecule has 1 aromatic heterocycles. The van der Waals surface area contributed by atoms with Gasteiger partial charge in [-0.1, -0.05) is 67.4 Å². The van der Waals surface area contributed by atoms with E-state index in [9.17, 15) is 9.59 Å². The first-order valence-electron chi connectivity index (χ1n) is 11.7. The molecule has 0 spiro atoms. The molecule has 2 atom stereocenters. The first-order chi connectivity index (χ1) is 17.2. The van der Waals surface area contributed by atoms with Crippen LogP contribution in [0.3, 0.4) is 0 Å². The molecule has 1 unspecified atom stereocenters. The van der Waals surface area contributed by atoms with Crippen LogP contribution in [-0.4, -0.2) is 40.7 Å². The zero-order valence-corrected chi connectivity index (χ0v) is 22.1. The average molecular weight is 532 g/mol. The molecule has 192 valence electrons. The smallest absolute Gasteiger partial charge is 0.323 e. The van der Waals surface area contributed by atoms with Gasteiger partial charge in [-0.15, -0.1) is 0 Å². The highest BCUT2D eigenvalue weighted by Gasteiger charge is 2.29. The monoisotopic (exact) mass is 531 g/mol. The molecule has 0 aliphatic heterocycles. The number of nitrogens with zero attached hydrogens (tertiary/aromatic N) is 2. The van der Waals surface area contributed by atoms with Crippen LogP contribution in [0.2, 0.25) is 10.0 Å². The lowest BCUT2D eigenvalue weighted by Gasteiger charge is -2.25. The minimum absolute atomic E-state index is 0.161. The van der Waals surface area contributed by atoms with Crippen LogP contribution in [0.25, 0.3) is 0 Å². The molecule has 7 nitrogen and oxygen atoms in total. The van der Waals surface area contributed by atoms with Crippen molar-refractivity contribution in [1.82, 2.24) is 14.9 Å². The summed E-state index contributed by atoms with van der Waals surface area (Å²) >= 11 is 12.3. The molecule has 0 saturated carbocycles. The Labute approximate surface area is 221 Å². The van der Waals surface area contributed by atoms with Crippen LogP contribution < -0.4 is 5.32 Å². The Morgan fingerprint density at radius 2 is 1.69 bits per heavy atom. The van der Waals surface area contributed by atoms with Crippen molar-refractivity contribution in [3.8, 4) is 0 Å². The van der Waals surface area contributed by atoms with Crippen molar-refractivity contribution in [3.63, 3.8) is 0 Å². The standard InChI is InChI=1S/C27H31Cl2N3O4/c1-18(2)9-24(27(34)36-16-19-7-5-4-6-8-19)31-25(26(33)35-3)13-23-14-30-17-32(23)15-20-10-21(28)12-22(29)11-20/h4-8,10-12,14,17-18,24-25,31H,9,13,15-16H2,1-3H3/t24-,25?/m0/s1. The third-order valence-electron chi connectivity index (χ3n) is 5.59. The summed E-state index contributed by atoms with van der Waals surface area (Å²) in [5.74, 6) is -0.690. The fraction of sp³-hybridized carbons (Fsp3) is 0.370. The molecule has 1 heterocycles. The molecular formula is C27H31Cl2N3O4. The molecule has 0 radical (unpaired) electrons. The zero-order valence-electron chi connectivity index (χ0n) is 20.6. The van der Waals surface area contributed by atoms with E-state index in [2.05, 4.69) is 10.3 Å². The Morgan fingerprint density at radius 1 is 1.00 bits per heavy atom. The Kier molecular flexibility index (Phi) is 10.3. The van der Waals surface area contributed by atoms with Gasteiger partial charge in [-0.2, -0.15) is 0 Å². The van der Waals surface area contributed by atoms with E-state index in [0.29, 0.717) is 23.0 Å². The van der Waals surface area contributed by atoms with Crippen molar-refractivity contribution >= 4 is 35.1 Å². The van der Waals surface area contributed by atoms with Gasteiger partial charge in [0.15, 0.2) is 0 Å². The molecule has 9 heteroatoms. The highest BCUT2D eigenvalue weighted by atomic mass is 35.5. The predicted molar refractivity (Wildman–Crippen MR) is 140 cm³/mol. The first-order valence-corrected chi connectivity index (χ1v) is 12.5. The molecule has 3 rings (SSSR count). The highest BCUT2D eigenvalue weighted by Crippen LogP contribution is 2.20. The van der Waals surface area contributed by atoms with Crippen LogP contribution in [0.5, 0.6) is 0 Å². The number of rotatable bonds is 12. The highest BCUT2D eigenvalue weighted by molar-refractivity contribution is 6.34. The van der Waals surface area contributed by atoms with Gasteiger partial charge >= 0.3 is 11.9 Å². The molecule has 36 heavy (non-hydrogen) atoms. The fourth-order valence-corrected chi connectivity index (χ4v) is 4.47. The quantitative estimate of drug-likeness (QED) is 0.328. The molecule has 0 fully saturated rings. The first kappa shape index (κ1) is 27.7. The Hall–Kier alpha value is -2.87. The van der Waals surface area contributed by atoms with Crippen molar-refractivity contribution in [2.45, 2.75) is 51.9 Å². The Balaban J connectivity index is 1.74. The molecule has 0 aliphatic rings. The lowest BCUT2D eigenvalue weighted by molar-refractivity contribution is -0.149. The molecule has 0 amide bonds. The summed E-state index contributed by atoms with van der Waals surface area (Å²) in [7, 11) is 1.33. The van der Waals surface area contributed by atoms with Gasteiger partial charge < -0.3 is 14.0 Å². The number of esters is 2. The van der Waals surface area contributed by atoms with Crippen LogP contribution >= 0.6 is 23.2 Å². The van der Waals surface area contributed by atoms with Crippen LogP contribution in [0.4, 0.5) is 0 Å². The summed E-state index contributed by atoms with van der Waals surface area (Å²) in [4.78, 5) is 30.0. The molecule has 2 aromatic carbocycles. The molecular weight excluding hydrogens is 501 g/mol. The number of benzene rings is 2. The number of hydrogen-bond donors (Lipinski definition) is 1. The third-order valence-corrected chi connectivity index (χ3v) is 6.03. The van der Waals surface area contributed by atoms with Crippen LogP contribution in [0.15, 0.2) is 61.1 Å². The van der Waals surface area contributed by atoms with E-state index in [1.807, 2.05) is 60.9 Å². The number of carbonyl (C=O) groups is 2. The summed E-state index contributed by atoms with van der Waals surface area (Å²) in [6, 6.07) is 13.3. The van der Waals surface area contributed by atoms with Gasteiger partial charge in [0.1, 0.15) is 18.7 Å². The maximum Gasteiger partial charge on any atom is 0.323 e. The van der Waals surface area contributed by atoms with E-state index in [-0.39, 0.29) is 18.9 Å². The summed E-state index contributed by atoms with van der Waals surface area (Å²) in [5, 5.41) is 4.27. The van der Waals surface area contributed by atoms with Gasteiger partial charge in [0.25, 0.3) is 0 Å². The number of aromatic nitrogens is 2. The second-order valence-electron chi connectivity index (χ2n) is 9.01. The largest absolute Gasteiger partial charge is 0.468 e. The van der Waals surface area contributed by atoms with Crippen molar-refractivity contribution < 1.29 is 19.1 Å². The Morgan fingerprint density at radius 3 is 2.33 bits per heavy atom. The minimum atomic E-state index is -0.776. The topological polar surface area (TPSA) is 82.5 Å². The zero-order chi connectivity index (χ0) is 26.1. The summed E-state index contributed by atoms with van der Waals surface area (Å²) in [6.07, 6.45) is 4.14. The van der Waals surface area contributed by atoms with Crippen molar-refractivity contribution in [2.75, 3.05) is 7.11 Å². The molecule has 0 saturated heterocycles. The van der Waals surface area contributed by atoms with E-state index in [4.69, 9.17) is 32.7 Å². The SMILES string of the molecule is COC(=O)C(Cc1cncn1Cc1cc(Cl)cc(Cl)c1)N[C@@H](CC(C)C)C(=O)OCc1ccccc1. The summed E-state index contributed by atoms with van der Waals surface area (Å²) < 4.78 is 12.5. The van der Waals surface area contributed by atoms with Crippen LogP contribution in [-0.2, 0) is 38.6 Å². The second kappa shape index (κ2) is 13.4. The van der Waals surface area contributed by atoms with Gasteiger partial charge in [0, 0.05) is 34.9 Å². The number of ether oxygens (including phenoxy) is 2. The van der Waals surface area contributed by atoms with Gasteiger partial charge in [-0.05, 0) is 41.7 Å². The predicted octanol–water partition coefficient (Wildman–Crippen LogP) is 5.07. The van der Waals surface area contributed by atoms with Gasteiger partial charge in [0.05, 0.1) is 13.4 Å². The van der Waals surface area contributed by atoms with E-state index in [1.165, 1.54) is 7.11 Å². The lowest BCUT2D eigenvalue weighted by Crippen LogP contribution is -2.50. The second-order valence-corrected chi connectivity index (χ2v) is 9.89. The third kappa shape index (κ3) is 8.36. The molecule has 1 N–H and O–H groups in total. The average Bonchev–Trinajstić information content (AvgIpc) is 3.27. The maximum atomic E-state index is 13.0. The van der Waals surface area contributed by atoms with Crippen LogP contribution in [0, 0.1) is 5.92 Å². The fourth-order valence-electron chi connectivity index (χ4n) is 3.90. The van der Waals surface area contributed by atoms with Gasteiger partial charge in [0.2, 0.25) is 0 Å². The normalized spacial score (nSPS) is 12.8.